The Morgan fingerprint density at radius 1 is 1.14 bits per heavy atom. The molecule has 0 fully saturated rings. The van der Waals surface area contributed by atoms with E-state index >= 15 is 0 Å². The summed E-state index contributed by atoms with van der Waals surface area (Å²) in [5.41, 5.74) is 5.46. The molecule has 0 aliphatic rings. The highest BCUT2D eigenvalue weighted by Gasteiger charge is 2.21. The lowest BCUT2D eigenvalue weighted by molar-refractivity contribution is 0.581. The standard InChI is InChI=1S/C13H11BrF2N2O2S/c1-7-2-3-9(17)6-12(7)21(19,20)18-13-10(15)4-8(14)5-11(13)16/h2-6,18H,17H2,1H3. The molecule has 3 N–H and O–H groups in total. The van der Waals surface area contributed by atoms with Crippen LogP contribution in [0.15, 0.2) is 39.7 Å². The molecule has 0 spiro atoms. The van der Waals surface area contributed by atoms with Crippen molar-refractivity contribution in [2.45, 2.75) is 11.8 Å². The van der Waals surface area contributed by atoms with Gasteiger partial charge in [-0.25, -0.2) is 17.2 Å². The maximum atomic E-state index is 13.7. The molecule has 21 heavy (non-hydrogen) atoms. The van der Waals surface area contributed by atoms with Crippen molar-refractivity contribution in [1.82, 2.24) is 0 Å². The first kappa shape index (κ1) is 15.7. The summed E-state index contributed by atoms with van der Waals surface area (Å²) >= 11 is 2.92. The Bertz CT molecular complexity index is 787. The van der Waals surface area contributed by atoms with Gasteiger partial charge in [0.15, 0.2) is 11.6 Å². The molecular formula is C13H11BrF2N2O2S. The monoisotopic (exact) mass is 376 g/mol. The molecule has 2 aromatic carbocycles. The van der Waals surface area contributed by atoms with Gasteiger partial charge in [0.05, 0.1) is 4.90 Å². The van der Waals surface area contributed by atoms with E-state index in [0.717, 1.165) is 12.1 Å². The van der Waals surface area contributed by atoms with Crippen LogP contribution in [-0.2, 0) is 10.0 Å². The minimum atomic E-state index is -4.15. The first-order valence-corrected chi connectivity index (χ1v) is 8.02. The molecule has 0 aliphatic carbocycles. The summed E-state index contributed by atoms with van der Waals surface area (Å²) < 4.78 is 54.0. The Kier molecular flexibility index (Phi) is 4.20. The second-order valence-electron chi connectivity index (χ2n) is 4.37. The second-order valence-corrected chi connectivity index (χ2v) is 6.94. The van der Waals surface area contributed by atoms with Crippen LogP contribution in [0, 0.1) is 18.6 Å². The maximum Gasteiger partial charge on any atom is 0.262 e. The molecule has 112 valence electrons. The molecule has 0 aliphatic heterocycles. The lowest BCUT2D eigenvalue weighted by Crippen LogP contribution is -2.16. The van der Waals surface area contributed by atoms with E-state index in [0.29, 0.717) is 5.56 Å². The molecule has 0 amide bonds. The van der Waals surface area contributed by atoms with E-state index in [-0.39, 0.29) is 15.1 Å². The quantitative estimate of drug-likeness (QED) is 0.806. The van der Waals surface area contributed by atoms with Crippen LogP contribution in [-0.4, -0.2) is 8.42 Å². The molecule has 2 rings (SSSR count). The molecule has 0 unspecified atom stereocenters. The van der Waals surface area contributed by atoms with Crippen LogP contribution in [0.2, 0.25) is 0 Å². The van der Waals surface area contributed by atoms with Gasteiger partial charge in [-0.05, 0) is 36.8 Å². The molecular weight excluding hydrogens is 366 g/mol. The molecule has 0 saturated carbocycles. The minimum Gasteiger partial charge on any atom is -0.399 e. The Morgan fingerprint density at radius 2 is 1.71 bits per heavy atom. The Labute approximate surface area is 129 Å². The van der Waals surface area contributed by atoms with Gasteiger partial charge in [0, 0.05) is 10.2 Å². The summed E-state index contributed by atoms with van der Waals surface area (Å²) in [5.74, 6) is -2.04. The van der Waals surface area contributed by atoms with Gasteiger partial charge in [-0.1, -0.05) is 22.0 Å². The van der Waals surface area contributed by atoms with Crippen molar-refractivity contribution in [3.63, 3.8) is 0 Å². The fourth-order valence-corrected chi connectivity index (χ4v) is 3.49. The lowest BCUT2D eigenvalue weighted by Gasteiger charge is -2.12. The number of nitrogen functional groups attached to an aromatic ring is 1. The van der Waals surface area contributed by atoms with Gasteiger partial charge in [0.25, 0.3) is 10.0 Å². The van der Waals surface area contributed by atoms with Crippen LogP contribution in [0.5, 0.6) is 0 Å². The van der Waals surface area contributed by atoms with Crippen molar-refractivity contribution in [3.8, 4) is 0 Å². The summed E-state index contributed by atoms with van der Waals surface area (Å²) in [6.45, 7) is 1.56. The zero-order valence-electron chi connectivity index (χ0n) is 10.8. The van der Waals surface area contributed by atoms with Crippen molar-refractivity contribution in [3.05, 3.63) is 52.0 Å². The van der Waals surface area contributed by atoms with Crippen LogP contribution in [0.4, 0.5) is 20.2 Å². The number of hydrogen-bond donors (Lipinski definition) is 2. The van der Waals surface area contributed by atoms with Gasteiger partial charge in [-0.15, -0.1) is 0 Å². The summed E-state index contributed by atoms with van der Waals surface area (Å²) in [5, 5.41) is 0. The van der Waals surface area contributed by atoms with Crippen LogP contribution in [0.25, 0.3) is 0 Å². The first-order chi connectivity index (χ1) is 9.70. The number of nitrogens with one attached hydrogen (secondary N) is 1. The number of rotatable bonds is 3. The summed E-state index contributed by atoms with van der Waals surface area (Å²) in [6, 6.07) is 6.21. The van der Waals surface area contributed by atoms with E-state index in [9.17, 15) is 17.2 Å². The van der Waals surface area contributed by atoms with E-state index in [1.54, 1.807) is 6.92 Å². The number of hydrogen-bond acceptors (Lipinski definition) is 3. The third-order valence-corrected chi connectivity index (χ3v) is 4.69. The maximum absolute atomic E-state index is 13.7. The summed E-state index contributed by atoms with van der Waals surface area (Å²) in [6.07, 6.45) is 0. The van der Waals surface area contributed by atoms with Gasteiger partial charge in [0.2, 0.25) is 0 Å². The largest absolute Gasteiger partial charge is 0.399 e. The Hall–Kier alpha value is -1.67. The van der Waals surface area contributed by atoms with Crippen molar-refractivity contribution >= 4 is 37.3 Å². The molecule has 0 aromatic heterocycles. The van der Waals surface area contributed by atoms with Crippen LogP contribution < -0.4 is 10.5 Å². The van der Waals surface area contributed by atoms with Gasteiger partial charge in [-0.2, -0.15) is 0 Å². The lowest BCUT2D eigenvalue weighted by atomic mass is 10.2. The van der Waals surface area contributed by atoms with Gasteiger partial charge in [0.1, 0.15) is 5.69 Å². The summed E-state index contributed by atoms with van der Waals surface area (Å²) in [7, 11) is -4.15. The first-order valence-electron chi connectivity index (χ1n) is 5.74. The van der Waals surface area contributed by atoms with Gasteiger partial charge in [-0.3, -0.25) is 4.72 Å². The predicted molar refractivity (Wildman–Crippen MR) is 80.5 cm³/mol. The molecule has 0 heterocycles. The topological polar surface area (TPSA) is 72.2 Å². The third kappa shape index (κ3) is 3.33. The van der Waals surface area contributed by atoms with E-state index in [1.807, 2.05) is 4.72 Å². The fraction of sp³-hybridized carbons (Fsp3) is 0.0769. The average molecular weight is 377 g/mol. The predicted octanol–water partition coefficient (Wildman–Crippen LogP) is 3.42. The highest BCUT2D eigenvalue weighted by molar-refractivity contribution is 9.10. The van der Waals surface area contributed by atoms with Crippen molar-refractivity contribution in [2.75, 3.05) is 10.5 Å². The van der Waals surface area contributed by atoms with E-state index in [1.165, 1.54) is 18.2 Å². The van der Waals surface area contributed by atoms with Crippen molar-refractivity contribution < 1.29 is 17.2 Å². The number of sulfonamides is 1. The number of halogens is 3. The summed E-state index contributed by atoms with van der Waals surface area (Å²) in [4.78, 5) is -0.135. The van der Waals surface area contributed by atoms with Crippen molar-refractivity contribution in [2.24, 2.45) is 0 Å². The molecule has 0 bridgehead atoms. The zero-order chi connectivity index (χ0) is 15.8. The molecule has 0 saturated heterocycles. The van der Waals surface area contributed by atoms with Gasteiger partial charge >= 0.3 is 0 Å². The zero-order valence-corrected chi connectivity index (χ0v) is 13.2. The van der Waals surface area contributed by atoms with E-state index in [4.69, 9.17) is 5.73 Å². The van der Waals surface area contributed by atoms with E-state index < -0.39 is 27.3 Å². The third-order valence-electron chi connectivity index (χ3n) is 2.75. The molecule has 8 heteroatoms. The number of benzene rings is 2. The second kappa shape index (κ2) is 5.61. The molecule has 0 atom stereocenters. The highest BCUT2D eigenvalue weighted by atomic mass is 79.9. The highest BCUT2D eigenvalue weighted by Crippen LogP contribution is 2.27. The van der Waals surface area contributed by atoms with E-state index in [2.05, 4.69) is 15.9 Å². The number of aryl methyl sites for hydroxylation is 1. The minimum absolute atomic E-state index is 0.135. The Balaban J connectivity index is 2.50. The van der Waals surface area contributed by atoms with Crippen LogP contribution >= 0.6 is 15.9 Å². The van der Waals surface area contributed by atoms with Crippen LogP contribution in [0.3, 0.4) is 0 Å². The van der Waals surface area contributed by atoms with Gasteiger partial charge < -0.3 is 5.73 Å². The average Bonchev–Trinajstić information content (AvgIpc) is 2.36. The molecule has 2 aromatic rings. The van der Waals surface area contributed by atoms with Crippen molar-refractivity contribution in [1.29, 1.82) is 0 Å². The normalized spacial score (nSPS) is 11.4. The Morgan fingerprint density at radius 3 is 2.29 bits per heavy atom. The van der Waals surface area contributed by atoms with Crippen LogP contribution in [0.1, 0.15) is 5.56 Å². The fourth-order valence-electron chi connectivity index (χ4n) is 1.74. The number of anilines is 2. The number of nitrogens with two attached hydrogens (primary N) is 1. The molecule has 0 radical (unpaired) electrons. The smallest absolute Gasteiger partial charge is 0.262 e. The SMILES string of the molecule is Cc1ccc(N)cc1S(=O)(=O)Nc1c(F)cc(Br)cc1F. The molecule has 4 nitrogen and oxygen atoms in total.